The summed E-state index contributed by atoms with van der Waals surface area (Å²) in [5.41, 5.74) is 14.6. The number of anilines is 2. The summed E-state index contributed by atoms with van der Waals surface area (Å²) >= 11 is 5.92. The van der Waals surface area contributed by atoms with Crippen LogP contribution in [0.4, 0.5) is 11.8 Å². The molecule has 0 saturated carbocycles. The van der Waals surface area contributed by atoms with Gasteiger partial charge >= 0.3 is 0 Å². The van der Waals surface area contributed by atoms with Crippen molar-refractivity contribution in [3.05, 3.63) is 35.0 Å². The molecule has 0 aliphatic rings. The normalized spacial score (nSPS) is 11.5. The van der Waals surface area contributed by atoms with E-state index < -0.39 is 0 Å². The first-order valence-electron chi connectivity index (χ1n) is 6.30. The van der Waals surface area contributed by atoms with E-state index in [0.717, 1.165) is 5.56 Å². The van der Waals surface area contributed by atoms with Gasteiger partial charge in [-0.15, -0.1) is 0 Å². The highest BCUT2D eigenvalue weighted by Crippen LogP contribution is 2.29. The van der Waals surface area contributed by atoms with Gasteiger partial charge in [-0.1, -0.05) is 23.7 Å². The molecule has 0 atom stereocenters. The Morgan fingerprint density at radius 3 is 2.33 bits per heavy atom. The molecule has 0 spiro atoms. The lowest BCUT2D eigenvalue weighted by Gasteiger charge is -2.13. The molecule has 2 aromatic rings. The van der Waals surface area contributed by atoms with Gasteiger partial charge in [0.2, 0.25) is 5.95 Å². The number of hydrazone groups is 1. The highest BCUT2D eigenvalue weighted by atomic mass is 35.5. The van der Waals surface area contributed by atoms with Gasteiger partial charge < -0.3 is 16.5 Å². The van der Waals surface area contributed by atoms with Crippen LogP contribution in [0.2, 0.25) is 5.02 Å². The van der Waals surface area contributed by atoms with E-state index in [0.29, 0.717) is 27.8 Å². The van der Waals surface area contributed by atoms with Crippen LogP contribution in [-0.4, -0.2) is 34.8 Å². The minimum absolute atomic E-state index is 0.119. The van der Waals surface area contributed by atoms with E-state index in [4.69, 9.17) is 23.1 Å². The minimum Gasteiger partial charge on any atom is -0.383 e. The summed E-state index contributed by atoms with van der Waals surface area (Å²) in [6.45, 7) is 1.85. The molecule has 0 unspecified atom stereocenters. The largest absolute Gasteiger partial charge is 0.383 e. The smallest absolute Gasteiger partial charge is 0.222 e. The van der Waals surface area contributed by atoms with Gasteiger partial charge in [0.1, 0.15) is 11.5 Å². The van der Waals surface area contributed by atoms with E-state index in [1.165, 1.54) is 0 Å². The van der Waals surface area contributed by atoms with Crippen LogP contribution in [0.1, 0.15) is 12.6 Å². The Bertz CT molecular complexity index is 679. The van der Waals surface area contributed by atoms with Gasteiger partial charge in [0, 0.05) is 19.1 Å². The highest BCUT2D eigenvalue weighted by molar-refractivity contribution is 6.30. The second-order valence-electron chi connectivity index (χ2n) is 4.73. The van der Waals surface area contributed by atoms with Crippen molar-refractivity contribution in [2.45, 2.75) is 6.92 Å². The van der Waals surface area contributed by atoms with E-state index in [1.807, 2.05) is 33.2 Å². The van der Waals surface area contributed by atoms with Crippen molar-refractivity contribution in [1.82, 2.24) is 15.0 Å². The number of halogens is 1. The van der Waals surface area contributed by atoms with E-state index in [1.54, 1.807) is 17.1 Å². The predicted octanol–water partition coefficient (Wildman–Crippen LogP) is 2.25. The summed E-state index contributed by atoms with van der Waals surface area (Å²) in [4.78, 5) is 8.32. The average molecular weight is 305 g/mol. The van der Waals surface area contributed by atoms with Crippen molar-refractivity contribution >= 4 is 29.1 Å². The van der Waals surface area contributed by atoms with Crippen LogP contribution in [0.3, 0.4) is 0 Å². The summed E-state index contributed by atoms with van der Waals surface area (Å²) in [7, 11) is 3.67. The molecule has 1 aromatic carbocycles. The molecule has 2 rings (SSSR count). The summed E-state index contributed by atoms with van der Waals surface area (Å²) in [6.07, 6.45) is 0. The average Bonchev–Trinajstić information content (AvgIpc) is 2.38. The fourth-order valence-corrected chi connectivity index (χ4v) is 2.13. The van der Waals surface area contributed by atoms with Crippen LogP contribution < -0.4 is 11.5 Å². The lowest BCUT2D eigenvalue weighted by atomic mass is 10.0. The van der Waals surface area contributed by atoms with Crippen molar-refractivity contribution in [2.75, 3.05) is 25.6 Å². The summed E-state index contributed by atoms with van der Waals surface area (Å²) in [6, 6.07) is 7.30. The first-order valence-corrected chi connectivity index (χ1v) is 6.68. The fourth-order valence-electron chi connectivity index (χ4n) is 2.01. The topological polar surface area (TPSA) is 93.4 Å². The van der Waals surface area contributed by atoms with Gasteiger partial charge in [0.25, 0.3) is 0 Å². The zero-order chi connectivity index (χ0) is 15.6. The standard InChI is InChI=1S/C14H17ClN6/c1-8(20-21(2)3)12-11(13(16)19-14(17)18-12)9-4-6-10(15)7-5-9/h4-7H,1-3H3,(H4,16,17,18,19). The zero-order valence-corrected chi connectivity index (χ0v) is 12.9. The molecule has 0 amide bonds. The van der Waals surface area contributed by atoms with Gasteiger partial charge in [-0.25, -0.2) is 4.98 Å². The van der Waals surface area contributed by atoms with E-state index in [9.17, 15) is 0 Å². The third-order valence-corrected chi connectivity index (χ3v) is 3.03. The lowest BCUT2D eigenvalue weighted by molar-refractivity contribution is 0.437. The molecule has 4 N–H and O–H groups in total. The molecule has 6 nitrogen and oxygen atoms in total. The number of benzene rings is 1. The lowest BCUT2D eigenvalue weighted by Crippen LogP contribution is -2.13. The molecule has 110 valence electrons. The van der Waals surface area contributed by atoms with Gasteiger partial charge in [-0.2, -0.15) is 10.1 Å². The molecule has 7 heteroatoms. The third kappa shape index (κ3) is 3.41. The third-order valence-electron chi connectivity index (χ3n) is 2.78. The molecule has 21 heavy (non-hydrogen) atoms. The number of nitrogens with zero attached hydrogens (tertiary/aromatic N) is 4. The van der Waals surface area contributed by atoms with Gasteiger partial charge in [0.15, 0.2) is 0 Å². The van der Waals surface area contributed by atoms with Crippen LogP contribution >= 0.6 is 11.6 Å². The maximum absolute atomic E-state index is 6.03. The Balaban J connectivity index is 2.67. The Labute approximate surface area is 128 Å². The van der Waals surface area contributed by atoms with E-state index >= 15 is 0 Å². The van der Waals surface area contributed by atoms with Gasteiger partial charge in [-0.05, 0) is 24.6 Å². The number of nitrogens with two attached hydrogens (primary N) is 2. The predicted molar refractivity (Wildman–Crippen MR) is 87.2 cm³/mol. The molecule has 1 heterocycles. The number of nitrogen functional groups attached to an aromatic ring is 2. The van der Waals surface area contributed by atoms with Crippen LogP contribution in [0.5, 0.6) is 0 Å². The highest BCUT2D eigenvalue weighted by Gasteiger charge is 2.16. The molecule has 0 aliphatic carbocycles. The first kappa shape index (κ1) is 15.1. The Morgan fingerprint density at radius 1 is 1.14 bits per heavy atom. The van der Waals surface area contributed by atoms with Crippen LogP contribution in [0, 0.1) is 0 Å². The summed E-state index contributed by atoms with van der Waals surface area (Å²) in [5, 5.41) is 6.69. The molecule has 0 saturated heterocycles. The Kier molecular flexibility index (Phi) is 4.28. The molecule has 0 aliphatic heterocycles. The summed E-state index contributed by atoms with van der Waals surface area (Å²) < 4.78 is 0. The minimum atomic E-state index is 0.119. The monoisotopic (exact) mass is 304 g/mol. The summed E-state index contributed by atoms with van der Waals surface area (Å²) in [5.74, 6) is 0.432. The number of hydrogen-bond acceptors (Lipinski definition) is 6. The number of aromatic nitrogens is 2. The van der Waals surface area contributed by atoms with Crippen molar-refractivity contribution in [2.24, 2.45) is 5.10 Å². The van der Waals surface area contributed by atoms with Gasteiger partial charge in [-0.3, -0.25) is 0 Å². The second kappa shape index (κ2) is 5.97. The van der Waals surface area contributed by atoms with Crippen molar-refractivity contribution < 1.29 is 0 Å². The molecule has 0 fully saturated rings. The molecular weight excluding hydrogens is 288 g/mol. The first-order chi connectivity index (χ1) is 9.88. The van der Waals surface area contributed by atoms with E-state index in [2.05, 4.69) is 15.1 Å². The van der Waals surface area contributed by atoms with Crippen LogP contribution in [0.15, 0.2) is 29.4 Å². The number of rotatable bonds is 3. The zero-order valence-electron chi connectivity index (χ0n) is 12.1. The second-order valence-corrected chi connectivity index (χ2v) is 5.17. The molecule has 0 radical (unpaired) electrons. The molecule has 1 aromatic heterocycles. The Hall–Kier alpha value is -2.34. The molecule has 0 bridgehead atoms. The van der Waals surface area contributed by atoms with Crippen LogP contribution in [-0.2, 0) is 0 Å². The van der Waals surface area contributed by atoms with Crippen molar-refractivity contribution in [1.29, 1.82) is 0 Å². The Morgan fingerprint density at radius 2 is 1.76 bits per heavy atom. The quantitative estimate of drug-likeness (QED) is 0.670. The maximum atomic E-state index is 6.03. The fraction of sp³-hybridized carbons (Fsp3) is 0.214. The number of hydrogen-bond donors (Lipinski definition) is 2. The van der Waals surface area contributed by atoms with Crippen molar-refractivity contribution in [3.8, 4) is 11.1 Å². The van der Waals surface area contributed by atoms with E-state index in [-0.39, 0.29) is 5.95 Å². The maximum Gasteiger partial charge on any atom is 0.222 e. The van der Waals surface area contributed by atoms with Crippen LogP contribution in [0.25, 0.3) is 11.1 Å². The van der Waals surface area contributed by atoms with Gasteiger partial charge in [0.05, 0.1) is 11.3 Å². The van der Waals surface area contributed by atoms with Crippen molar-refractivity contribution in [3.63, 3.8) is 0 Å². The molecular formula is C14H17ClN6. The SMILES string of the molecule is CC(=NN(C)C)c1nc(N)nc(N)c1-c1ccc(Cl)cc1.